The fourth-order valence-electron chi connectivity index (χ4n) is 1.69. The van der Waals surface area contributed by atoms with Gasteiger partial charge in [-0.15, -0.1) is 11.8 Å². The van der Waals surface area contributed by atoms with Gasteiger partial charge in [0.05, 0.1) is 11.5 Å². The second-order valence-electron chi connectivity index (χ2n) is 4.17. The number of hydrogen-bond acceptors (Lipinski definition) is 3. The van der Waals surface area contributed by atoms with Crippen molar-refractivity contribution in [1.29, 1.82) is 0 Å². The van der Waals surface area contributed by atoms with Gasteiger partial charge in [-0.05, 0) is 31.0 Å². The van der Waals surface area contributed by atoms with E-state index in [0.717, 1.165) is 34.2 Å². The van der Waals surface area contributed by atoms with Crippen LogP contribution in [-0.2, 0) is 4.79 Å². The predicted molar refractivity (Wildman–Crippen MR) is 73.9 cm³/mol. The molecule has 1 heterocycles. The zero-order chi connectivity index (χ0) is 12.3. The van der Waals surface area contributed by atoms with Crippen molar-refractivity contribution in [1.82, 2.24) is 0 Å². The molecule has 90 valence electrons. The van der Waals surface area contributed by atoms with Gasteiger partial charge >= 0.3 is 0 Å². The van der Waals surface area contributed by atoms with Gasteiger partial charge in [0.15, 0.2) is 0 Å². The third kappa shape index (κ3) is 3.33. The van der Waals surface area contributed by atoms with E-state index in [1.807, 2.05) is 32.0 Å². The summed E-state index contributed by atoms with van der Waals surface area (Å²) in [4.78, 5) is 16.1. The SMILES string of the molecule is Cc1ccc(C)c(NC(=O)CC2=NCCS2)c1. The molecule has 1 aliphatic heterocycles. The van der Waals surface area contributed by atoms with Crippen LogP contribution in [0.5, 0.6) is 0 Å². The Morgan fingerprint density at radius 2 is 2.29 bits per heavy atom. The molecule has 0 saturated carbocycles. The van der Waals surface area contributed by atoms with Gasteiger partial charge in [0, 0.05) is 18.0 Å². The minimum atomic E-state index is 0.0202. The van der Waals surface area contributed by atoms with E-state index >= 15 is 0 Å². The van der Waals surface area contributed by atoms with Crippen LogP contribution < -0.4 is 5.32 Å². The number of nitrogens with zero attached hydrogens (tertiary/aromatic N) is 1. The molecule has 0 saturated heterocycles. The molecule has 1 amide bonds. The number of aryl methyl sites for hydroxylation is 2. The highest BCUT2D eigenvalue weighted by atomic mass is 32.2. The number of carbonyl (C=O) groups excluding carboxylic acids is 1. The topological polar surface area (TPSA) is 41.5 Å². The van der Waals surface area contributed by atoms with Gasteiger partial charge in [-0.25, -0.2) is 0 Å². The second-order valence-corrected chi connectivity index (χ2v) is 5.34. The maximum absolute atomic E-state index is 11.8. The van der Waals surface area contributed by atoms with Gasteiger partial charge in [-0.1, -0.05) is 12.1 Å². The van der Waals surface area contributed by atoms with Crippen LogP contribution in [0.1, 0.15) is 17.5 Å². The van der Waals surface area contributed by atoms with Crippen LogP contribution in [0.4, 0.5) is 5.69 Å². The van der Waals surface area contributed by atoms with Crippen molar-refractivity contribution in [3.8, 4) is 0 Å². The summed E-state index contributed by atoms with van der Waals surface area (Å²) in [7, 11) is 0. The first-order valence-electron chi connectivity index (χ1n) is 5.68. The van der Waals surface area contributed by atoms with Crippen molar-refractivity contribution in [2.75, 3.05) is 17.6 Å². The van der Waals surface area contributed by atoms with Gasteiger partial charge in [0.2, 0.25) is 5.91 Å². The Labute approximate surface area is 106 Å². The Bertz CT molecular complexity index is 468. The zero-order valence-corrected chi connectivity index (χ0v) is 10.9. The van der Waals surface area contributed by atoms with Crippen LogP contribution in [0.15, 0.2) is 23.2 Å². The summed E-state index contributed by atoms with van der Waals surface area (Å²) in [6, 6.07) is 6.06. The number of hydrogen-bond donors (Lipinski definition) is 1. The molecule has 0 aromatic heterocycles. The van der Waals surface area contributed by atoms with Gasteiger partial charge in [0.1, 0.15) is 0 Å². The largest absolute Gasteiger partial charge is 0.325 e. The Morgan fingerprint density at radius 1 is 1.47 bits per heavy atom. The van der Waals surface area contributed by atoms with E-state index in [-0.39, 0.29) is 5.91 Å². The van der Waals surface area contributed by atoms with Crippen molar-refractivity contribution in [3.05, 3.63) is 29.3 Å². The molecule has 0 atom stereocenters. The van der Waals surface area contributed by atoms with E-state index in [1.54, 1.807) is 11.8 Å². The van der Waals surface area contributed by atoms with E-state index < -0.39 is 0 Å². The normalized spacial score (nSPS) is 14.6. The molecule has 0 fully saturated rings. The molecule has 0 aliphatic carbocycles. The number of aliphatic imine (C=N–C) groups is 1. The first-order chi connectivity index (χ1) is 8.15. The summed E-state index contributed by atoms with van der Waals surface area (Å²) in [6.07, 6.45) is 0.401. The number of carbonyl (C=O) groups is 1. The number of amides is 1. The third-order valence-corrected chi connectivity index (χ3v) is 3.62. The number of thioether (sulfide) groups is 1. The maximum atomic E-state index is 11.8. The summed E-state index contributed by atoms with van der Waals surface area (Å²) in [5, 5.41) is 3.90. The third-order valence-electron chi connectivity index (χ3n) is 2.63. The summed E-state index contributed by atoms with van der Waals surface area (Å²) < 4.78 is 0. The lowest BCUT2D eigenvalue weighted by Crippen LogP contribution is -2.15. The molecule has 1 aliphatic rings. The van der Waals surface area contributed by atoms with Crippen LogP contribution in [0.3, 0.4) is 0 Å². The van der Waals surface area contributed by atoms with E-state index in [9.17, 15) is 4.79 Å². The standard InChI is InChI=1S/C13H16N2OS/c1-9-3-4-10(2)11(7-9)15-12(16)8-13-14-5-6-17-13/h3-4,7H,5-6,8H2,1-2H3,(H,15,16). The summed E-state index contributed by atoms with van der Waals surface area (Å²) in [5.74, 6) is 1.03. The smallest absolute Gasteiger partial charge is 0.230 e. The summed E-state index contributed by atoms with van der Waals surface area (Å²) in [6.45, 7) is 4.86. The number of anilines is 1. The molecule has 0 spiro atoms. The first-order valence-corrected chi connectivity index (χ1v) is 6.67. The summed E-state index contributed by atoms with van der Waals surface area (Å²) in [5.41, 5.74) is 3.14. The lowest BCUT2D eigenvalue weighted by molar-refractivity contribution is -0.115. The lowest BCUT2D eigenvalue weighted by atomic mass is 10.1. The molecule has 0 radical (unpaired) electrons. The van der Waals surface area contributed by atoms with Crippen molar-refractivity contribution < 1.29 is 4.79 Å². The Kier molecular flexibility index (Phi) is 3.84. The second kappa shape index (κ2) is 5.36. The molecule has 1 aromatic carbocycles. The van der Waals surface area contributed by atoms with Crippen LogP contribution in [0.25, 0.3) is 0 Å². The molecule has 17 heavy (non-hydrogen) atoms. The van der Waals surface area contributed by atoms with Crippen molar-refractivity contribution >= 4 is 28.4 Å². The average molecular weight is 248 g/mol. The van der Waals surface area contributed by atoms with Gasteiger partial charge in [-0.2, -0.15) is 0 Å². The Morgan fingerprint density at radius 3 is 3.00 bits per heavy atom. The van der Waals surface area contributed by atoms with Crippen LogP contribution in [0, 0.1) is 13.8 Å². The highest BCUT2D eigenvalue weighted by Crippen LogP contribution is 2.18. The van der Waals surface area contributed by atoms with Crippen LogP contribution >= 0.6 is 11.8 Å². The summed E-state index contributed by atoms with van der Waals surface area (Å²) >= 11 is 1.68. The predicted octanol–water partition coefficient (Wildman–Crippen LogP) is 2.78. The van der Waals surface area contributed by atoms with E-state index in [0.29, 0.717) is 6.42 Å². The minimum Gasteiger partial charge on any atom is -0.325 e. The zero-order valence-electron chi connectivity index (χ0n) is 10.1. The quantitative estimate of drug-likeness (QED) is 0.893. The number of benzene rings is 1. The van der Waals surface area contributed by atoms with Crippen molar-refractivity contribution in [2.24, 2.45) is 4.99 Å². The molecule has 0 unspecified atom stereocenters. The minimum absolute atomic E-state index is 0.0202. The van der Waals surface area contributed by atoms with Crippen molar-refractivity contribution in [3.63, 3.8) is 0 Å². The molecular weight excluding hydrogens is 232 g/mol. The molecule has 2 rings (SSSR count). The molecular formula is C13H16N2OS. The lowest BCUT2D eigenvalue weighted by Gasteiger charge is -2.09. The molecule has 4 heteroatoms. The van der Waals surface area contributed by atoms with Crippen molar-refractivity contribution in [2.45, 2.75) is 20.3 Å². The number of rotatable bonds is 3. The average Bonchev–Trinajstić information content (AvgIpc) is 2.76. The Hall–Kier alpha value is -1.29. The highest BCUT2D eigenvalue weighted by Gasteiger charge is 2.12. The number of nitrogens with one attached hydrogen (secondary N) is 1. The van der Waals surface area contributed by atoms with E-state index in [4.69, 9.17) is 0 Å². The molecule has 1 aromatic rings. The van der Waals surface area contributed by atoms with Gasteiger partial charge < -0.3 is 5.32 Å². The molecule has 0 bridgehead atoms. The van der Waals surface area contributed by atoms with Crippen LogP contribution in [-0.4, -0.2) is 23.2 Å². The monoisotopic (exact) mass is 248 g/mol. The van der Waals surface area contributed by atoms with Gasteiger partial charge in [-0.3, -0.25) is 9.79 Å². The highest BCUT2D eigenvalue weighted by molar-refractivity contribution is 8.14. The maximum Gasteiger partial charge on any atom is 0.230 e. The molecule has 1 N–H and O–H groups in total. The van der Waals surface area contributed by atoms with E-state index in [2.05, 4.69) is 10.3 Å². The van der Waals surface area contributed by atoms with Crippen LogP contribution in [0.2, 0.25) is 0 Å². The fraction of sp³-hybridized carbons (Fsp3) is 0.385. The molecule has 3 nitrogen and oxygen atoms in total. The van der Waals surface area contributed by atoms with Gasteiger partial charge in [0.25, 0.3) is 0 Å². The first kappa shape index (κ1) is 12.2. The van der Waals surface area contributed by atoms with E-state index in [1.165, 1.54) is 0 Å². The fourth-order valence-corrected chi connectivity index (χ4v) is 2.52. The Balaban J connectivity index is 2.00.